The molecule has 44 heavy (non-hydrogen) atoms. The number of nitrogens with zero attached hydrogens (tertiary/aromatic N) is 2. The quantitative estimate of drug-likeness (QED) is 0.189. The molecule has 1 N–H and O–H groups in total. The summed E-state index contributed by atoms with van der Waals surface area (Å²) in [4.78, 5) is 29.2. The Bertz CT molecular complexity index is 1490. The Labute approximate surface area is 271 Å². The van der Waals surface area contributed by atoms with E-state index in [2.05, 4.69) is 5.32 Å². The molecule has 3 rings (SSSR count). The first kappa shape index (κ1) is 35.2. The minimum Gasteiger partial charge on any atom is -0.494 e. The Hall–Kier alpha value is -3.27. The van der Waals surface area contributed by atoms with Crippen molar-refractivity contribution in [2.45, 2.75) is 65.1 Å². The molecule has 11 heteroatoms. The van der Waals surface area contributed by atoms with Crippen molar-refractivity contribution in [1.82, 2.24) is 10.2 Å². The predicted molar refractivity (Wildman–Crippen MR) is 178 cm³/mol. The van der Waals surface area contributed by atoms with Crippen molar-refractivity contribution in [3.05, 3.63) is 94.0 Å². The summed E-state index contributed by atoms with van der Waals surface area (Å²) >= 11 is 12.6. The summed E-state index contributed by atoms with van der Waals surface area (Å²) in [7, 11) is -3.63. The fraction of sp³-hybridized carbons (Fsp3) is 0.394. The van der Waals surface area contributed by atoms with E-state index in [0.717, 1.165) is 18.2 Å². The molecule has 3 aromatic rings. The highest BCUT2D eigenvalue weighted by Crippen LogP contribution is 2.26. The van der Waals surface area contributed by atoms with Gasteiger partial charge in [-0.15, -0.1) is 0 Å². The number of amides is 2. The molecule has 2 amide bonds. The van der Waals surface area contributed by atoms with Crippen molar-refractivity contribution in [3.63, 3.8) is 0 Å². The van der Waals surface area contributed by atoms with E-state index in [9.17, 15) is 18.0 Å². The Kier molecular flexibility index (Phi) is 13.4. The number of ether oxygens (including phenoxy) is 1. The van der Waals surface area contributed by atoms with Crippen LogP contribution in [0.3, 0.4) is 0 Å². The van der Waals surface area contributed by atoms with E-state index in [0.29, 0.717) is 40.1 Å². The van der Waals surface area contributed by atoms with Gasteiger partial charge in [0.05, 0.1) is 18.6 Å². The largest absolute Gasteiger partial charge is 0.494 e. The molecule has 8 nitrogen and oxygen atoms in total. The van der Waals surface area contributed by atoms with Gasteiger partial charge in [0.2, 0.25) is 21.8 Å². The smallest absolute Gasteiger partial charge is 0.243 e. The van der Waals surface area contributed by atoms with Crippen LogP contribution in [0, 0.1) is 0 Å². The lowest BCUT2D eigenvalue weighted by atomic mass is 10.0. The summed E-state index contributed by atoms with van der Waals surface area (Å²) in [5.74, 6) is 0.0710. The first-order valence-corrected chi connectivity index (χ1v) is 17.3. The third-order valence-corrected chi connectivity index (χ3v) is 9.00. The molecule has 238 valence electrons. The summed E-state index contributed by atoms with van der Waals surface area (Å²) in [6, 6.07) is 20.4. The molecule has 0 fully saturated rings. The Balaban J connectivity index is 1.90. The van der Waals surface area contributed by atoms with Gasteiger partial charge in [0.15, 0.2) is 0 Å². The normalized spacial score (nSPS) is 12.7. The zero-order valence-electron chi connectivity index (χ0n) is 25.6. The predicted octanol–water partition coefficient (Wildman–Crippen LogP) is 6.49. The molecule has 2 atom stereocenters. The van der Waals surface area contributed by atoms with E-state index in [-0.39, 0.29) is 43.8 Å². The minimum absolute atomic E-state index is 0.0101. The van der Waals surface area contributed by atoms with E-state index in [1.165, 1.54) is 4.31 Å². The lowest BCUT2D eigenvalue weighted by Gasteiger charge is -2.33. The second kappa shape index (κ2) is 16.7. The average Bonchev–Trinajstić information content (AvgIpc) is 2.98. The molecule has 0 radical (unpaired) electrons. The fourth-order valence-corrected chi connectivity index (χ4v) is 6.14. The van der Waals surface area contributed by atoms with E-state index < -0.39 is 16.1 Å². The van der Waals surface area contributed by atoms with Gasteiger partial charge < -0.3 is 15.0 Å². The summed E-state index contributed by atoms with van der Waals surface area (Å²) in [5.41, 5.74) is 2.02. The molecule has 0 saturated carbocycles. The Morgan fingerprint density at radius 1 is 0.977 bits per heavy atom. The molecule has 3 aromatic carbocycles. The third-order valence-electron chi connectivity index (χ3n) is 7.22. The van der Waals surface area contributed by atoms with E-state index in [1.54, 1.807) is 47.4 Å². The van der Waals surface area contributed by atoms with Crippen LogP contribution >= 0.6 is 23.2 Å². The number of sulfonamides is 1. The Morgan fingerprint density at radius 3 is 2.25 bits per heavy atom. The SMILES string of the molecule is CCOc1ccc(N(CCCC(=O)N(Cc2ccc(Cl)cc2Cl)[C@@H](Cc2ccccc2)C(=O)N[C@H](C)CC)S(C)(=O)=O)cc1. The highest BCUT2D eigenvalue weighted by molar-refractivity contribution is 7.92. The van der Waals surface area contributed by atoms with Gasteiger partial charge in [-0.2, -0.15) is 0 Å². The van der Waals surface area contributed by atoms with Crippen LogP contribution in [0.15, 0.2) is 72.8 Å². The van der Waals surface area contributed by atoms with Crippen molar-refractivity contribution in [2.24, 2.45) is 0 Å². The zero-order valence-corrected chi connectivity index (χ0v) is 28.0. The van der Waals surface area contributed by atoms with Crippen molar-refractivity contribution < 1.29 is 22.7 Å². The maximum atomic E-state index is 14.0. The number of carbonyl (C=O) groups excluding carboxylic acids is 2. The zero-order chi connectivity index (χ0) is 32.3. The van der Waals surface area contributed by atoms with Gasteiger partial charge in [-0.25, -0.2) is 8.42 Å². The van der Waals surface area contributed by atoms with Crippen LogP contribution in [0.25, 0.3) is 0 Å². The first-order chi connectivity index (χ1) is 20.9. The van der Waals surface area contributed by atoms with Gasteiger partial charge in [-0.3, -0.25) is 13.9 Å². The van der Waals surface area contributed by atoms with Crippen LogP contribution < -0.4 is 14.4 Å². The lowest BCUT2D eigenvalue weighted by molar-refractivity contribution is -0.141. The number of benzene rings is 3. The lowest BCUT2D eigenvalue weighted by Crippen LogP contribution is -2.52. The molecule has 0 heterocycles. The summed E-state index contributed by atoms with van der Waals surface area (Å²) < 4.78 is 32.2. The van der Waals surface area contributed by atoms with E-state index in [4.69, 9.17) is 27.9 Å². The van der Waals surface area contributed by atoms with Crippen molar-refractivity contribution in [2.75, 3.05) is 23.7 Å². The standard InChI is InChI=1S/C33H41Cl2N3O5S/c1-5-24(3)36-33(40)31(21-25-11-8-7-9-12-25)37(23-26-14-15-27(34)22-30(26)35)32(39)13-10-20-38(44(4,41)42)28-16-18-29(19-17-28)43-6-2/h7-9,11-12,14-19,22,24,31H,5-6,10,13,20-21,23H2,1-4H3,(H,36,40)/t24-,31+/m1/s1. The van der Waals surface area contributed by atoms with Gasteiger partial charge in [0.25, 0.3) is 0 Å². The summed E-state index contributed by atoms with van der Waals surface area (Å²) in [6.07, 6.45) is 2.40. The van der Waals surface area contributed by atoms with Crippen LogP contribution in [0.5, 0.6) is 5.75 Å². The average molecular weight is 663 g/mol. The van der Waals surface area contributed by atoms with Crippen LogP contribution in [-0.2, 0) is 32.6 Å². The molecule has 0 bridgehead atoms. The topological polar surface area (TPSA) is 96.0 Å². The molecule has 0 spiro atoms. The van der Waals surface area contributed by atoms with Gasteiger partial charge in [0, 0.05) is 42.0 Å². The van der Waals surface area contributed by atoms with Crippen molar-refractivity contribution in [1.29, 1.82) is 0 Å². The number of hydrogen-bond donors (Lipinski definition) is 1. The Morgan fingerprint density at radius 2 is 1.66 bits per heavy atom. The molecule has 0 aliphatic heterocycles. The second-order valence-electron chi connectivity index (χ2n) is 10.6. The number of halogens is 2. The molecular weight excluding hydrogens is 621 g/mol. The van der Waals surface area contributed by atoms with Crippen LogP contribution in [-0.4, -0.2) is 56.6 Å². The second-order valence-corrected chi connectivity index (χ2v) is 13.4. The molecular formula is C33H41Cl2N3O5S. The van der Waals surface area contributed by atoms with Crippen molar-refractivity contribution in [3.8, 4) is 5.75 Å². The van der Waals surface area contributed by atoms with E-state index in [1.807, 2.05) is 51.1 Å². The van der Waals surface area contributed by atoms with Gasteiger partial charge in [-0.1, -0.05) is 66.5 Å². The molecule has 0 saturated heterocycles. The van der Waals surface area contributed by atoms with Gasteiger partial charge in [0.1, 0.15) is 11.8 Å². The van der Waals surface area contributed by atoms with Crippen LogP contribution in [0.4, 0.5) is 5.69 Å². The molecule has 0 aliphatic rings. The molecule has 0 aromatic heterocycles. The summed E-state index contributed by atoms with van der Waals surface area (Å²) in [5, 5.41) is 3.88. The highest BCUT2D eigenvalue weighted by atomic mass is 35.5. The number of carbonyl (C=O) groups is 2. The molecule has 0 unspecified atom stereocenters. The third kappa shape index (κ3) is 10.4. The van der Waals surface area contributed by atoms with Crippen LogP contribution in [0.2, 0.25) is 10.0 Å². The monoisotopic (exact) mass is 661 g/mol. The highest BCUT2D eigenvalue weighted by Gasteiger charge is 2.31. The maximum absolute atomic E-state index is 14.0. The number of hydrogen-bond acceptors (Lipinski definition) is 5. The number of rotatable bonds is 16. The number of anilines is 1. The minimum atomic E-state index is -3.63. The first-order valence-electron chi connectivity index (χ1n) is 14.7. The maximum Gasteiger partial charge on any atom is 0.243 e. The van der Waals surface area contributed by atoms with E-state index >= 15 is 0 Å². The van der Waals surface area contributed by atoms with Gasteiger partial charge >= 0.3 is 0 Å². The van der Waals surface area contributed by atoms with Crippen LogP contribution in [0.1, 0.15) is 51.2 Å². The fourth-order valence-electron chi connectivity index (χ4n) is 4.71. The summed E-state index contributed by atoms with van der Waals surface area (Å²) in [6.45, 7) is 6.42. The van der Waals surface area contributed by atoms with Gasteiger partial charge in [-0.05, 0) is 74.2 Å². The number of nitrogens with one attached hydrogen (secondary N) is 1. The molecule has 0 aliphatic carbocycles. The van der Waals surface area contributed by atoms with Crippen molar-refractivity contribution >= 4 is 50.7 Å².